The number of alkyl halides is 1. The summed E-state index contributed by atoms with van der Waals surface area (Å²) in [5.41, 5.74) is -0.244. The van der Waals surface area contributed by atoms with E-state index in [2.05, 4.69) is 30.8 Å². The largest absolute Gasteiger partial charge is 0.489 e. The molecular formula is C19H20BrClF2N4O2. The normalized spacial score (nSPS) is 26.5. The highest BCUT2D eigenvalue weighted by Gasteiger charge is 2.49. The maximum atomic E-state index is 15.0. The second-order valence-electron chi connectivity index (χ2n) is 7.96. The third kappa shape index (κ3) is 3.04. The molecule has 0 saturated carbocycles. The highest BCUT2D eigenvalue weighted by Crippen LogP contribution is 2.46. The van der Waals surface area contributed by atoms with Gasteiger partial charge in [-0.3, -0.25) is 4.90 Å². The van der Waals surface area contributed by atoms with Crippen LogP contribution in [-0.4, -0.2) is 66.5 Å². The van der Waals surface area contributed by atoms with Crippen molar-refractivity contribution in [2.45, 2.75) is 31.0 Å². The molecule has 0 aliphatic carbocycles. The zero-order chi connectivity index (χ0) is 20.3. The summed E-state index contributed by atoms with van der Waals surface area (Å²) in [6, 6.07) is 0.0730. The highest BCUT2D eigenvalue weighted by atomic mass is 79.9. The summed E-state index contributed by atoms with van der Waals surface area (Å²) < 4.78 is 40.8. The SMILES string of the molecule is CN1CCOc2c(Cl)c(Br)c(F)c3nc(OC[C@@]45CCCN4C[C@H](F)C5)nc1c23. The van der Waals surface area contributed by atoms with Gasteiger partial charge in [0.05, 0.1) is 21.9 Å². The number of hydrogen-bond acceptors (Lipinski definition) is 6. The first kappa shape index (κ1) is 19.5. The minimum Gasteiger partial charge on any atom is -0.489 e. The van der Waals surface area contributed by atoms with Crippen LogP contribution in [0.5, 0.6) is 11.8 Å². The van der Waals surface area contributed by atoms with E-state index in [0.29, 0.717) is 43.1 Å². The van der Waals surface area contributed by atoms with Crippen molar-refractivity contribution in [3.63, 3.8) is 0 Å². The van der Waals surface area contributed by atoms with Gasteiger partial charge in [0, 0.05) is 20.0 Å². The molecule has 156 valence electrons. The number of anilines is 1. The average molecular weight is 490 g/mol. The van der Waals surface area contributed by atoms with Crippen LogP contribution in [0.1, 0.15) is 19.3 Å². The number of nitrogens with zero attached hydrogens (tertiary/aromatic N) is 4. The van der Waals surface area contributed by atoms with Crippen molar-refractivity contribution >= 4 is 44.3 Å². The number of hydrogen-bond donors (Lipinski definition) is 0. The van der Waals surface area contributed by atoms with E-state index >= 15 is 4.39 Å². The number of rotatable bonds is 3. The van der Waals surface area contributed by atoms with Crippen LogP contribution in [0, 0.1) is 5.82 Å². The van der Waals surface area contributed by atoms with Crippen LogP contribution in [0.3, 0.4) is 0 Å². The molecule has 3 aliphatic rings. The van der Waals surface area contributed by atoms with E-state index in [4.69, 9.17) is 21.1 Å². The summed E-state index contributed by atoms with van der Waals surface area (Å²) in [4.78, 5) is 12.9. The first-order valence-corrected chi connectivity index (χ1v) is 10.8. The van der Waals surface area contributed by atoms with Crippen LogP contribution in [0.2, 0.25) is 5.02 Å². The van der Waals surface area contributed by atoms with E-state index in [9.17, 15) is 4.39 Å². The fourth-order valence-corrected chi connectivity index (χ4v) is 5.32. The molecule has 0 bridgehead atoms. The molecule has 0 unspecified atom stereocenters. The van der Waals surface area contributed by atoms with E-state index in [1.54, 1.807) is 0 Å². The van der Waals surface area contributed by atoms with Crippen molar-refractivity contribution in [3.8, 4) is 11.8 Å². The monoisotopic (exact) mass is 488 g/mol. The average Bonchev–Trinajstić information content (AvgIpc) is 3.16. The zero-order valence-corrected chi connectivity index (χ0v) is 18.2. The Bertz CT molecular complexity index is 997. The maximum Gasteiger partial charge on any atom is 0.319 e. The van der Waals surface area contributed by atoms with Gasteiger partial charge in [0.2, 0.25) is 0 Å². The van der Waals surface area contributed by atoms with Gasteiger partial charge in [0.15, 0.2) is 11.6 Å². The summed E-state index contributed by atoms with van der Waals surface area (Å²) in [7, 11) is 1.85. The second-order valence-corrected chi connectivity index (χ2v) is 9.13. The van der Waals surface area contributed by atoms with E-state index in [0.717, 1.165) is 19.4 Å². The first-order valence-electron chi connectivity index (χ1n) is 9.64. The van der Waals surface area contributed by atoms with Crippen molar-refractivity contribution < 1.29 is 18.3 Å². The van der Waals surface area contributed by atoms with Gasteiger partial charge in [-0.1, -0.05) is 11.6 Å². The lowest BCUT2D eigenvalue weighted by Crippen LogP contribution is -2.43. The molecular weight excluding hydrogens is 470 g/mol. The molecule has 3 aliphatic heterocycles. The lowest BCUT2D eigenvalue weighted by Gasteiger charge is -2.31. The third-order valence-corrected chi connectivity index (χ3v) is 7.49. The quantitative estimate of drug-likeness (QED) is 0.608. The molecule has 10 heteroatoms. The van der Waals surface area contributed by atoms with Gasteiger partial charge in [0.25, 0.3) is 0 Å². The fraction of sp³-hybridized carbons (Fsp3) is 0.579. The van der Waals surface area contributed by atoms with Crippen molar-refractivity contribution in [1.82, 2.24) is 14.9 Å². The van der Waals surface area contributed by atoms with Gasteiger partial charge in [-0.15, -0.1) is 0 Å². The molecule has 29 heavy (non-hydrogen) atoms. The number of benzene rings is 1. The third-order valence-electron chi connectivity index (χ3n) is 6.15. The van der Waals surface area contributed by atoms with E-state index in [-0.39, 0.29) is 33.2 Å². The molecule has 0 spiro atoms. The molecule has 4 heterocycles. The Labute approximate surface area is 180 Å². The van der Waals surface area contributed by atoms with Crippen LogP contribution in [0.25, 0.3) is 10.9 Å². The lowest BCUT2D eigenvalue weighted by molar-refractivity contribution is 0.107. The van der Waals surface area contributed by atoms with Gasteiger partial charge in [-0.25, -0.2) is 8.78 Å². The van der Waals surface area contributed by atoms with Crippen LogP contribution >= 0.6 is 27.5 Å². The standard InChI is InChI=1S/C19H20BrClF2N4O2/c1-26-5-6-28-16-11-15(14(23)12(20)13(16)21)24-18(25-17(11)26)29-9-19-3-2-4-27(19)8-10(22)7-19/h10H,2-9H2,1H3/t10-,19+/m1/s1. The molecule has 2 aromatic rings. The Balaban J connectivity index is 1.56. The van der Waals surface area contributed by atoms with Gasteiger partial charge < -0.3 is 14.4 Å². The molecule has 0 N–H and O–H groups in total. The minimum absolute atomic E-state index is 0.0730. The first-order chi connectivity index (χ1) is 13.9. The van der Waals surface area contributed by atoms with Crippen molar-refractivity contribution in [3.05, 3.63) is 15.3 Å². The number of aromatic nitrogens is 2. The molecule has 2 atom stereocenters. The smallest absolute Gasteiger partial charge is 0.319 e. The zero-order valence-electron chi connectivity index (χ0n) is 15.9. The van der Waals surface area contributed by atoms with E-state index < -0.39 is 12.0 Å². The molecule has 2 saturated heterocycles. The number of halogens is 4. The molecule has 1 aromatic carbocycles. The molecule has 2 fully saturated rings. The molecule has 1 aromatic heterocycles. The summed E-state index contributed by atoms with van der Waals surface area (Å²) in [5, 5.41) is 0.581. The highest BCUT2D eigenvalue weighted by molar-refractivity contribution is 9.10. The van der Waals surface area contributed by atoms with Crippen molar-refractivity contribution in [2.75, 3.05) is 44.8 Å². The van der Waals surface area contributed by atoms with Crippen LogP contribution in [-0.2, 0) is 0 Å². The second kappa shape index (κ2) is 7.06. The van der Waals surface area contributed by atoms with E-state index in [1.807, 2.05) is 11.9 Å². The number of fused-ring (bicyclic) bond motifs is 1. The predicted octanol–water partition coefficient (Wildman–Crippen LogP) is 3.97. The van der Waals surface area contributed by atoms with Gasteiger partial charge in [-0.05, 0) is 35.3 Å². The summed E-state index contributed by atoms with van der Waals surface area (Å²) in [6.07, 6.45) is 1.49. The number of ether oxygens (including phenoxy) is 2. The van der Waals surface area contributed by atoms with Gasteiger partial charge in [-0.2, -0.15) is 9.97 Å². The van der Waals surface area contributed by atoms with Crippen LogP contribution in [0.15, 0.2) is 4.47 Å². The Morgan fingerprint density at radius 3 is 3.03 bits per heavy atom. The Morgan fingerprint density at radius 2 is 2.21 bits per heavy atom. The lowest BCUT2D eigenvalue weighted by atomic mass is 9.95. The van der Waals surface area contributed by atoms with Crippen molar-refractivity contribution in [1.29, 1.82) is 0 Å². The number of likely N-dealkylation sites (N-methyl/N-ethyl adjacent to an activating group) is 1. The van der Waals surface area contributed by atoms with Crippen molar-refractivity contribution in [2.24, 2.45) is 0 Å². The van der Waals surface area contributed by atoms with Crippen LogP contribution < -0.4 is 14.4 Å². The topological polar surface area (TPSA) is 50.7 Å². The molecule has 6 nitrogen and oxygen atoms in total. The van der Waals surface area contributed by atoms with Gasteiger partial charge in [0.1, 0.15) is 35.7 Å². The summed E-state index contributed by atoms with van der Waals surface area (Å²) in [5.74, 6) is 0.269. The summed E-state index contributed by atoms with van der Waals surface area (Å²) >= 11 is 9.50. The summed E-state index contributed by atoms with van der Waals surface area (Å²) in [6.45, 7) is 2.53. The molecule has 0 amide bonds. The fourth-order valence-electron chi connectivity index (χ4n) is 4.72. The van der Waals surface area contributed by atoms with Gasteiger partial charge >= 0.3 is 6.01 Å². The molecule has 0 radical (unpaired) electrons. The Hall–Kier alpha value is -1.45. The molecule has 5 rings (SSSR count). The van der Waals surface area contributed by atoms with Crippen LogP contribution in [0.4, 0.5) is 14.6 Å². The van der Waals surface area contributed by atoms with E-state index in [1.165, 1.54) is 0 Å². The maximum absolute atomic E-state index is 15.0. The minimum atomic E-state index is -0.845. The Kier molecular flexibility index (Phi) is 4.75. The predicted molar refractivity (Wildman–Crippen MR) is 110 cm³/mol. The Morgan fingerprint density at radius 1 is 1.38 bits per heavy atom.